The third-order valence-electron chi connectivity index (χ3n) is 1.19. The van der Waals surface area contributed by atoms with Gasteiger partial charge in [0.15, 0.2) is 0 Å². The lowest BCUT2D eigenvalue weighted by Gasteiger charge is -2.14. The first kappa shape index (κ1) is 8.88. The highest BCUT2D eigenvalue weighted by Crippen LogP contribution is 1.98. The van der Waals surface area contributed by atoms with Crippen LogP contribution in [0.5, 0.6) is 0 Å². The van der Waals surface area contributed by atoms with E-state index in [4.69, 9.17) is 10.4 Å². The molecule has 0 radical (unpaired) electrons. The van der Waals surface area contributed by atoms with Gasteiger partial charge in [0.25, 0.3) is 0 Å². The van der Waals surface area contributed by atoms with Crippen LogP contribution in [0.4, 0.5) is 0 Å². The van der Waals surface area contributed by atoms with Gasteiger partial charge in [-0.2, -0.15) is 10.4 Å². The van der Waals surface area contributed by atoms with Crippen LogP contribution >= 0.6 is 0 Å². The normalized spacial score (nSPS) is 12.0. The zero-order chi connectivity index (χ0) is 7.33. The molecule has 3 heteroatoms. The van der Waals surface area contributed by atoms with Crippen LogP contribution in [0.25, 0.3) is 0 Å². The molecule has 3 nitrogen and oxygen atoms in total. The summed E-state index contributed by atoms with van der Waals surface area (Å²) in [5.74, 6) is 0. The van der Waals surface area contributed by atoms with Crippen LogP contribution < -0.4 is 0 Å². The second-order valence-electron chi connectivity index (χ2n) is 2.52. The molecule has 56 valence electrons. The topological polar surface area (TPSA) is 40.5 Å². The number of rotatable bonds is 4. The predicted molar refractivity (Wildman–Crippen MR) is 34.1 cm³/mol. The van der Waals surface area contributed by atoms with Crippen molar-refractivity contribution in [1.29, 1.82) is 0 Å². The first-order chi connectivity index (χ1) is 4.06. The Kier molecular flexibility index (Phi) is 3.77. The van der Waals surface area contributed by atoms with Gasteiger partial charge in [0.05, 0.1) is 0 Å². The van der Waals surface area contributed by atoms with Crippen LogP contribution in [0.2, 0.25) is 0 Å². The lowest BCUT2D eigenvalue weighted by molar-refractivity contribution is -1.23. The van der Waals surface area contributed by atoms with Crippen molar-refractivity contribution in [1.82, 2.24) is 0 Å². The number of hydroxylamine groups is 4. The minimum Gasteiger partial charge on any atom is -0.182 e. The molecule has 0 spiro atoms. The zero-order valence-corrected chi connectivity index (χ0v) is 6.17. The van der Waals surface area contributed by atoms with E-state index >= 15 is 0 Å². The van der Waals surface area contributed by atoms with Gasteiger partial charge in [0, 0.05) is 6.42 Å². The second-order valence-corrected chi connectivity index (χ2v) is 2.52. The summed E-state index contributed by atoms with van der Waals surface area (Å²) in [4.78, 5) is -0.889. The molecule has 0 aromatic heterocycles. The molecule has 0 aromatic rings. The van der Waals surface area contributed by atoms with E-state index < -0.39 is 4.81 Å². The minimum atomic E-state index is -0.889. The molecule has 0 rings (SSSR count). The standard InChI is InChI=1S/C6H16NO2/c1-3-4-5-6-7(2,8)9/h8-9H,3-6H2,1-2H3/q+1. The molecule has 9 heavy (non-hydrogen) atoms. The van der Waals surface area contributed by atoms with E-state index in [0.717, 1.165) is 19.3 Å². The number of hydrogen-bond donors (Lipinski definition) is 2. The summed E-state index contributed by atoms with van der Waals surface area (Å²) in [6, 6.07) is 0. The third-order valence-corrected chi connectivity index (χ3v) is 1.19. The molecular formula is C6H16NO2+. The van der Waals surface area contributed by atoms with Crippen molar-refractivity contribution in [2.45, 2.75) is 26.2 Å². The fourth-order valence-corrected chi connectivity index (χ4v) is 0.661. The molecule has 0 saturated heterocycles. The van der Waals surface area contributed by atoms with Crippen LogP contribution in [0.3, 0.4) is 0 Å². The average molecular weight is 134 g/mol. The monoisotopic (exact) mass is 134 g/mol. The van der Waals surface area contributed by atoms with Crippen molar-refractivity contribution in [3.05, 3.63) is 0 Å². The highest BCUT2D eigenvalue weighted by Gasteiger charge is 2.11. The van der Waals surface area contributed by atoms with Gasteiger partial charge in [-0.3, -0.25) is 0 Å². The van der Waals surface area contributed by atoms with Gasteiger partial charge in [0.2, 0.25) is 0 Å². The molecule has 0 aliphatic carbocycles. The minimum absolute atomic E-state index is 0.424. The Morgan fingerprint density at radius 3 is 2.11 bits per heavy atom. The Labute approximate surface area is 56.0 Å². The summed E-state index contributed by atoms with van der Waals surface area (Å²) in [5.41, 5.74) is 0. The average Bonchev–Trinajstić information content (AvgIpc) is 1.63. The maximum Gasteiger partial charge on any atom is 0.141 e. The molecule has 0 heterocycles. The van der Waals surface area contributed by atoms with Gasteiger partial charge in [0.1, 0.15) is 13.6 Å². The van der Waals surface area contributed by atoms with E-state index in [9.17, 15) is 0 Å². The third kappa shape index (κ3) is 7.88. The van der Waals surface area contributed by atoms with Crippen LogP contribution in [0.15, 0.2) is 0 Å². The van der Waals surface area contributed by atoms with Crippen molar-refractivity contribution in [3.63, 3.8) is 0 Å². The molecule has 0 aliphatic rings. The summed E-state index contributed by atoms with van der Waals surface area (Å²) in [5, 5.41) is 17.5. The SMILES string of the molecule is CCCCC[N+](C)(O)O. The van der Waals surface area contributed by atoms with Crippen LogP contribution in [-0.4, -0.2) is 28.8 Å². The van der Waals surface area contributed by atoms with Gasteiger partial charge < -0.3 is 0 Å². The Morgan fingerprint density at radius 2 is 1.78 bits per heavy atom. The van der Waals surface area contributed by atoms with Crippen molar-refractivity contribution in [2.75, 3.05) is 13.6 Å². The van der Waals surface area contributed by atoms with Gasteiger partial charge >= 0.3 is 0 Å². The number of hydrogen-bond acceptors (Lipinski definition) is 2. The van der Waals surface area contributed by atoms with E-state index in [2.05, 4.69) is 6.92 Å². The summed E-state index contributed by atoms with van der Waals surface area (Å²) in [6.45, 7) is 2.51. The summed E-state index contributed by atoms with van der Waals surface area (Å²) < 4.78 is 0. The first-order valence-corrected chi connectivity index (χ1v) is 3.37. The van der Waals surface area contributed by atoms with Crippen molar-refractivity contribution in [2.24, 2.45) is 0 Å². The fraction of sp³-hybridized carbons (Fsp3) is 1.00. The van der Waals surface area contributed by atoms with Crippen LogP contribution in [-0.2, 0) is 0 Å². The van der Waals surface area contributed by atoms with Gasteiger partial charge in [-0.15, -0.1) is 0 Å². The summed E-state index contributed by atoms with van der Waals surface area (Å²) >= 11 is 0. The molecule has 0 saturated carbocycles. The van der Waals surface area contributed by atoms with Gasteiger partial charge in [-0.25, -0.2) is 0 Å². The van der Waals surface area contributed by atoms with Crippen molar-refractivity contribution < 1.29 is 15.2 Å². The summed E-state index contributed by atoms with van der Waals surface area (Å²) in [6.07, 6.45) is 3.05. The van der Waals surface area contributed by atoms with Gasteiger partial charge in [-0.05, 0) is 6.42 Å². The smallest absolute Gasteiger partial charge is 0.141 e. The number of nitrogens with zero attached hydrogens (tertiary/aromatic N) is 1. The Morgan fingerprint density at radius 1 is 1.22 bits per heavy atom. The van der Waals surface area contributed by atoms with Crippen molar-refractivity contribution in [3.8, 4) is 0 Å². The van der Waals surface area contributed by atoms with E-state index in [1.165, 1.54) is 7.05 Å². The second kappa shape index (κ2) is 3.82. The molecule has 0 amide bonds. The quantitative estimate of drug-likeness (QED) is 0.346. The molecule has 0 unspecified atom stereocenters. The molecule has 0 fully saturated rings. The Hall–Kier alpha value is -0.120. The Bertz CT molecular complexity index is 67.9. The van der Waals surface area contributed by atoms with Crippen LogP contribution in [0.1, 0.15) is 26.2 Å². The fourth-order valence-electron chi connectivity index (χ4n) is 0.661. The predicted octanol–water partition coefficient (Wildman–Crippen LogP) is 1.40. The van der Waals surface area contributed by atoms with E-state index in [0.29, 0.717) is 6.54 Å². The highest BCUT2D eigenvalue weighted by molar-refractivity contribution is 4.32. The zero-order valence-electron chi connectivity index (χ0n) is 6.17. The molecule has 0 aromatic carbocycles. The molecule has 2 N–H and O–H groups in total. The van der Waals surface area contributed by atoms with E-state index in [1.54, 1.807) is 0 Å². The number of unbranched alkanes of at least 4 members (excludes halogenated alkanes) is 2. The summed E-state index contributed by atoms with van der Waals surface area (Å²) in [7, 11) is 1.36. The maximum atomic E-state index is 8.74. The van der Waals surface area contributed by atoms with E-state index in [1.807, 2.05) is 0 Å². The van der Waals surface area contributed by atoms with Gasteiger partial charge in [-0.1, -0.05) is 18.2 Å². The molecule has 0 bridgehead atoms. The molecule has 0 aliphatic heterocycles. The number of quaternary nitrogens is 1. The molecular weight excluding hydrogens is 118 g/mol. The highest BCUT2D eigenvalue weighted by atomic mass is 16.8. The lowest BCUT2D eigenvalue weighted by atomic mass is 10.2. The van der Waals surface area contributed by atoms with E-state index in [-0.39, 0.29) is 0 Å². The van der Waals surface area contributed by atoms with Crippen LogP contribution in [0, 0.1) is 0 Å². The lowest BCUT2D eigenvalue weighted by Crippen LogP contribution is -2.36. The maximum absolute atomic E-state index is 8.74. The molecule has 0 atom stereocenters. The van der Waals surface area contributed by atoms with Crippen molar-refractivity contribution >= 4 is 0 Å². The first-order valence-electron chi connectivity index (χ1n) is 3.37. The Balaban J connectivity index is 3.07. The largest absolute Gasteiger partial charge is 0.182 e.